The molecule has 0 saturated carbocycles. The van der Waals surface area contributed by atoms with E-state index in [0.29, 0.717) is 24.0 Å². The SMILES string of the molecule is CC=CCN1C[C@@H](C)N([C@H](c2ccc(S(=O)(=O)N(CC)CC)cc2)c2cccc(O)c2)C[C@@H]1C. The molecule has 3 rings (SSSR count). The molecule has 3 atom stereocenters. The van der Waals surface area contributed by atoms with Crippen molar-refractivity contribution in [3.8, 4) is 5.75 Å². The summed E-state index contributed by atoms with van der Waals surface area (Å²) in [5.74, 6) is 0.232. The fourth-order valence-electron chi connectivity index (χ4n) is 4.88. The highest BCUT2D eigenvalue weighted by atomic mass is 32.2. The molecule has 6 nitrogen and oxygen atoms in total. The van der Waals surface area contributed by atoms with Crippen LogP contribution in [0.2, 0.25) is 0 Å². The maximum Gasteiger partial charge on any atom is 0.243 e. The molecule has 2 aromatic carbocycles. The first-order valence-corrected chi connectivity index (χ1v) is 13.7. The van der Waals surface area contributed by atoms with Gasteiger partial charge < -0.3 is 5.11 Å². The van der Waals surface area contributed by atoms with E-state index in [0.717, 1.165) is 30.8 Å². The topological polar surface area (TPSA) is 64.1 Å². The number of sulfonamides is 1. The Morgan fingerprint density at radius 1 is 1.03 bits per heavy atom. The minimum absolute atomic E-state index is 0.0846. The van der Waals surface area contributed by atoms with Crippen LogP contribution < -0.4 is 0 Å². The van der Waals surface area contributed by atoms with E-state index in [1.165, 1.54) is 4.31 Å². The van der Waals surface area contributed by atoms with E-state index in [1.807, 2.05) is 51.1 Å². The fourth-order valence-corrected chi connectivity index (χ4v) is 6.34. The number of nitrogens with zero attached hydrogens (tertiary/aromatic N) is 3. The van der Waals surface area contributed by atoms with Gasteiger partial charge in [-0.05, 0) is 56.2 Å². The zero-order valence-corrected chi connectivity index (χ0v) is 21.9. The van der Waals surface area contributed by atoms with E-state index in [-0.39, 0.29) is 17.8 Å². The molecule has 0 unspecified atom stereocenters. The smallest absolute Gasteiger partial charge is 0.243 e. The molecule has 0 aromatic heterocycles. The van der Waals surface area contributed by atoms with Crippen LogP contribution in [0.15, 0.2) is 65.6 Å². The lowest BCUT2D eigenvalue weighted by molar-refractivity contribution is 0.0305. The first kappa shape index (κ1) is 26.4. The molecule has 1 N–H and O–H groups in total. The van der Waals surface area contributed by atoms with Gasteiger partial charge in [0.25, 0.3) is 0 Å². The zero-order valence-electron chi connectivity index (χ0n) is 21.1. The Morgan fingerprint density at radius 2 is 1.71 bits per heavy atom. The monoisotopic (exact) mass is 485 g/mol. The Balaban J connectivity index is 1.98. The normalized spacial score (nSPS) is 21.4. The Labute approximate surface area is 205 Å². The molecule has 1 fully saturated rings. The fraction of sp³-hybridized carbons (Fsp3) is 0.481. The Hall–Kier alpha value is -2.19. The quantitative estimate of drug-likeness (QED) is 0.531. The van der Waals surface area contributed by atoms with Gasteiger partial charge in [-0.2, -0.15) is 4.31 Å². The van der Waals surface area contributed by atoms with Crippen molar-refractivity contribution in [2.75, 3.05) is 32.7 Å². The van der Waals surface area contributed by atoms with Gasteiger partial charge in [0, 0.05) is 44.8 Å². The summed E-state index contributed by atoms with van der Waals surface area (Å²) in [6.45, 7) is 13.9. The van der Waals surface area contributed by atoms with Crippen molar-refractivity contribution < 1.29 is 13.5 Å². The summed E-state index contributed by atoms with van der Waals surface area (Å²) in [6.07, 6.45) is 4.29. The Kier molecular flexibility index (Phi) is 8.93. The predicted octanol–water partition coefficient (Wildman–Crippen LogP) is 4.48. The zero-order chi connectivity index (χ0) is 24.9. The third-order valence-electron chi connectivity index (χ3n) is 6.80. The van der Waals surface area contributed by atoms with Crippen molar-refractivity contribution in [1.29, 1.82) is 0 Å². The summed E-state index contributed by atoms with van der Waals surface area (Å²) in [5.41, 5.74) is 2.02. The number of benzene rings is 2. The highest BCUT2D eigenvalue weighted by Crippen LogP contribution is 2.35. The maximum atomic E-state index is 13.0. The standard InChI is InChI=1S/C27H39N3O3S/c1-6-9-17-28-19-22(5)30(20-21(28)4)27(24-11-10-12-25(31)18-24)23-13-15-26(16-14-23)34(32,33)29(7-2)8-3/h6,9-16,18,21-22,27,31H,7-8,17,19-20H2,1-5H3/t21-,22+,27+/m0/s1. The molecular formula is C27H39N3O3S. The van der Waals surface area contributed by atoms with E-state index in [4.69, 9.17) is 0 Å². The molecule has 1 aliphatic heterocycles. The molecule has 0 spiro atoms. The second kappa shape index (κ2) is 11.5. The minimum atomic E-state index is -3.51. The maximum absolute atomic E-state index is 13.0. The van der Waals surface area contributed by atoms with Gasteiger partial charge in [-0.25, -0.2) is 8.42 Å². The highest BCUT2D eigenvalue weighted by molar-refractivity contribution is 7.89. The molecule has 0 amide bonds. The number of hydrogen-bond donors (Lipinski definition) is 1. The summed E-state index contributed by atoms with van der Waals surface area (Å²) >= 11 is 0. The van der Waals surface area contributed by atoms with Crippen LogP contribution in [0.3, 0.4) is 0 Å². The number of piperazine rings is 1. The number of aromatic hydroxyl groups is 1. The van der Waals surface area contributed by atoms with Crippen LogP contribution in [0.5, 0.6) is 5.75 Å². The van der Waals surface area contributed by atoms with Crippen LogP contribution in [0.25, 0.3) is 0 Å². The van der Waals surface area contributed by atoms with E-state index < -0.39 is 10.0 Å². The first-order valence-electron chi connectivity index (χ1n) is 12.2. The Morgan fingerprint density at radius 3 is 2.29 bits per heavy atom. The number of hydrogen-bond acceptors (Lipinski definition) is 5. The largest absolute Gasteiger partial charge is 0.508 e. The lowest BCUT2D eigenvalue weighted by atomic mass is 9.93. The second-order valence-electron chi connectivity index (χ2n) is 9.07. The van der Waals surface area contributed by atoms with E-state index in [2.05, 4.69) is 35.8 Å². The van der Waals surface area contributed by atoms with Crippen molar-refractivity contribution in [2.45, 2.75) is 57.6 Å². The van der Waals surface area contributed by atoms with Crippen LogP contribution in [0.4, 0.5) is 0 Å². The third kappa shape index (κ3) is 5.71. The van der Waals surface area contributed by atoms with Gasteiger partial charge in [0.05, 0.1) is 10.9 Å². The summed E-state index contributed by atoms with van der Waals surface area (Å²) < 4.78 is 27.4. The van der Waals surface area contributed by atoms with Crippen molar-refractivity contribution in [3.05, 3.63) is 71.8 Å². The van der Waals surface area contributed by atoms with E-state index in [1.54, 1.807) is 18.2 Å². The van der Waals surface area contributed by atoms with E-state index >= 15 is 0 Å². The minimum Gasteiger partial charge on any atom is -0.508 e. The summed E-state index contributed by atoms with van der Waals surface area (Å²) in [4.78, 5) is 5.27. The molecular weight excluding hydrogens is 446 g/mol. The average Bonchev–Trinajstić information content (AvgIpc) is 2.81. The van der Waals surface area contributed by atoms with Gasteiger partial charge in [-0.3, -0.25) is 9.80 Å². The van der Waals surface area contributed by atoms with Gasteiger partial charge in [-0.1, -0.05) is 50.3 Å². The van der Waals surface area contributed by atoms with Crippen LogP contribution in [0.1, 0.15) is 51.8 Å². The molecule has 2 aromatic rings. The molecule has 0 bridgehead atoms. The van der Waals surface area contributed by atoms with Crippen molar-refractivity contribution in [1.82, 2.24) is 14.1 Å². The summed E-state index contributed by atoms with van der Waals surface area (Å²) in [7, 11) is -3.51. The lowest BCUT2D eigenvalue weighted by Crippen LogP contribution is -2.57. The number of phenols is 1. The van der Waals surface area contributed by atoms with Gasteiger partial charge >= 0.3 is 0 Å². The highest BCUT2D eigenvalue weighted by Gasteiger charge is 2.34. The molecule has 186 valence electrons. The lowest BCUT2D eigenvalue weighted by Gasteiger charge is -2.47. The third-order valence-corrected chi connectivity index (χ3v) is 8.86. The van der Waals surface area contributed by atoms with Crippen molar-refractivity contribution >= 4 is 10.0 Å². The van der Waals surface area contributed by atoms with Gasteiger partial charge in [0.1, 0.15) is 5.75 Å². The van der Waals surface area contributed by atoms with Crippen LogP contribution in [-0.2, 0) is 10.0 Å². The molecule has 7 heteroatoms. The van der Waals surface area contributed by atoms with E-state index in [9.17, 15) is 13.5 Å². The Bertz CT molecular complexity index is 1060. The summed E-state index contributed by atoms with van der Waals surface area (Å²) in [5, 5.41) is 10.2. The number of phenolic OH excluding ortho intramolecular Hbond substituents is 1. The van der Waals surface area contributed by atoms with Crippen molar-refractivity contribution in [2.24, 2.45) is 0 Å². The molecule has 1 heterocycles. The first-order chi connectivity index (χ1) is 16.2. The van der Waals surface area contributed by atoms with Gasteiger partial charge in [0.15, 0.2) is 0 Å². The second-order valence-corrected chi connectivity index (χ2v) is 11.0. The molecule has 0 radical (unpaired) electrons. The average molecular weight is 486 g/mol. The van der Waals surface area contributed by atoms with Crippen LogP contribution in [-0.4, -0.2) is 72.4 Å². The molecule has 1 aliphatic rings. The number of rotatable bonds is 9. The van der Waals surface area contributed by atoms with Gasteiger partial charge in [-0.15, -0.1) is 0 Å². The summed E-state index contributed by atoms with van der Waals surface area (Å²) in [6, 6.07) is 15.3. The molecule has 34 heavy (non-hydrogen) atoms. The predicted molar refractivity (Wildman–Crippen MR) is 139 cm³/mol. The van der Waals surface area contributed by atoms with Crippen molar-refractivity contribution in [3.63, 3.8) is 0 Å². The van der Waals surface area contributed by atoms with Crippen LogP contribution in [0, 0.1) is 0 Å². The molecule has 0 aliphatic carbocycles. The molecule has 1 saturated heterocycles. The van der Waals surface area contributed by atoms with Gasteiger partial charge in [0.2, 0.25) is 10.0 Å². The number of allylic oxidation sites excluding steroid dienone is 1. The van der Waals surface area contributed by atoms with Crippen LogP contribution >= 0.6 is 0 Å².